The zero-order chi connectivity index (χ0) is 13.3. The van der Waals surface area contributed by atoms with Crippen molar-refractivity contribution in [2.45, 2.75) is 18.9 Å². The molecule has 1 aromatic carbocycles. The molecule has 1 aliphatic rings. The van der Waals surface area contributed by atoms with Gasteiger partial charge < -0.3 is 9.84 Å². The molecule has 1 aliphatic carbocycles. The Morgan fingerprint density at radius 3 is 2.67 bits per heavy atom. The average molecular weight is 255 g/mol. The van der Waals surface area contributed by atoms with Crippen LogP contribution in [0.5, 0.6) is 5.75 Å². The summed E-state index contributed by atoms with van der Waals surface area (Å²) in [5.74, 6) is -2.24. The maximum absolute atomic E-state index is 13.3. The molecule has 1 fully saturated rings. The molecule has 1 N–H and O–H groups in total. The highest BCUT2D eigenvalue weighted by molar-refractivity contribution is 5.73. The molecule has 6 nitrogen and oxygen atoms in total. The van der Waals surface area contributed by atoms with Gasteiger partial charge in [0.15, 0.2) is 6.10 Å². The van der Waals surface area contributed by atoms with Crippen molar-refractivity contribution < 1.29 is 24.0 Å². The maximum atomic E-state index is 13.3. The predicted molar refractivity (Wildman–Crippen MR) is 57.8 cm³/mol. The van der Waals surface area contributed by atoms with E-state index in [2.05, 4.69) is 0 Å². The van der Waals surface area contributed by atoms with Gasteiger partial charge in [-0.05, 0) is 18.9 Å². The van der Waals surface area contributed by atoms with Crippen LogP contribution in [0.1, 0.15) is 12.8 Å². The highest BCUT2D eigenvalue weighted by Gasteiger charge is 2.38. The number of benzene rings is 1. The second-order valence-corrected chi connectivity index (χ2v) is 4.08. The molecule has 18 heavy (non-hydrogen) atoms. The molecule has 0 spiro atoms. The van der Waals surface area contributed by atoms with Gasteiger partial charge in [-0.1, -0.05) is 0 Å². The minimum atomic E-state index is -1.11. The van der Waals surface area contributed by atoms with Crippen LogP contribution in [0.15, 0.2) is 18.2 Å². The summed E-state index contributed by atoms with van der Waals surface area (Å²) in [4.78, 5) is 20.5. The van der Waals surface area contributed by atoms with E-state index in [0.29, 0.717) is 0 Å². The smallest absolute Gasteiger partial charge is 0.345 e. The molecule has 7 heteroatoms. The van der Waals surface area contributed by atoms with Crippen molar-refractivity contribution in [2.75, 3.05) is 0 Å². The summed E-state index contributed by atoms with van der Waals surface area (Å²) in [5.41, 5.74) is -0.666. The zero-order valence-corrected chi connectivity index (χ0v) is 9.21. The first-order chi connectivity index (χ1) is 8.49. The number of carbonyl (C=O) groups is 1. The normalized spacial score (nSPS) is 16.1. The monoisotopic (exact) mass is 255 g/mol. The zero-order valence-electron chi connectivity index (χ0n) is 9.21. The first kappa shape index (κ1) is 12.3. The Bertz CT molecular complexity index is 500. The van der Waals surface area contributed by atoms with Crippen molar-refractivity contribution in [3.63, 3.8) is 0 Å². The topological polar surface area (TPSA) is 89.7 Å². The van der Waals surface area contributed by atoms with Gasteiger partial charge in [-0.2, -0.15) is 4.39 Å². The van der Waals surface area contributed by atoms with E-state index < -0.39 is 28.5 Å². The first-order valence-electron chi connectivity index (χ1n) is 5.32. The number of nitro benzene ring substituents is 1. The Morgan fingerprint density at radius 1 is 1.56 bits per heavy atom. The van der Waals surface area contributed by atoms with Crippen LogP contribution in [0.2, 0.25) is 0 Å². The quantitative estimate of drug-likeness (QED) is 0.641. The van der Waals surface area contributed by atoms with Crippen LogP contribution in [0, 0.1) is 21.8 Å². The molecule has 0 aliphatic heterocycles. The van der Waals surface area contributed by atoms with E-state index in [0.717, 1.165) is 25.0 Å². The van der Waals surface area contributed by atoms with E-state index in [-0.39, 0.29) is 11.7 Å². The number of aliphatic carboxylic acids is 1. The van der Waals surface area contributed by atoms with E-state index in [1.54, 1.807) is 0 Å². The van der Waals surface area contributed by atoms with Crippen LogP contribution in [-0.4, -0.2) is 22.1 Å². The largest absolute Gasteiger partial charge is 0.478 e. The third-order valence-corrected chi connectivity index (χ3v) is 2.67. The SMILES string of the molecule is O=C(O)C(Oc1ccc([N+](=O)[O-])c(F)c1)C1CC1. The number of nitrogens with zero attached hydrogens (tertiary/aromatic N) is 1. The fourth-order valence-corrected chi connectivity index (χ4v) is 1.60. The van der Waals surface area contributed by atoms with Crippen LogP contribution in [-0.2, 0) is 4.79 Å². The van der Waals surface area contributed by atoms with Crippen LogP contribution in [0.3, 0.4) is 0 Å². The summed E-state index contributed by atoms with van der Waals surface area (Å²) in [5, 5.41) is 19.3. The summed E-state index contributed by atoms with van der Waals surface area (Å²) < 4.78 is 18.5. The van der Waals surface area contributed by atoms with Crippen molar-refractivity contribution >= 4 is 11.7 Å². The summed E-state index contributed by atoms with van der Waals surface area (Å²) in [6, 6.07) is 2.98. The fourth-order valence-electron chi connectivity index (χ4n) is 1.60. The lowest BCUT2D eigenvalue weighted by Crippen LogP contribution is -2.29. The molecule has 0 heterocycles. The third kappa shape index (κ3) is 2.55. The Balaban J connectivity index is 2.16. The minimum absolute atomic E-state index is 0.0163. The van der Waals surface area contributed by atoms with Gasteiger partial charge in [0.1, 0.15) is 5.75 Å². The summed E-state index contributed by atoms with van der Waals surface area (Å²) in [6.07, 6.45) is 0.490. The molecular weight excluding hydrogens is 245 g/mol. The number of halogens is 1. The van der Waals surface area contributed by atoms with Gasteiger partial charge in [0.2, 0.25) is 5.82 Å². The summed E-state index contributed by atoms with van der Waals surface area (Å²) >= 11 is 0. The number of carboxylic acid groups (broad SMARTS) is 1. The average Bonchev–Trinajstić information content (AvgIpc) is 3.08. The van der Waals surface area contributed by atoms with Crippen molar-refractivity contribution in [3.05, 3.63) is 34.1 Å². The van der Waals surface area contributed by atoms with Gasteiger partial charge in [-0.3, -0.25) is 10.1 Å². The van der Waals surface area contributed by atoms with Crippen LogP contribution in [0.25, 0.3) is 0 Å². The van der Waals surface area contributed by atoms with Gasteiger partial charge in [-0.25, -0.2) is 4.79 Å². The predicted octanol–water partition coefficient (Wildman–Crippen LogP) is 1.98. The van der Waals surface area contributed by atoms with Gasteiger partial charge in [0.05, 0.1) is 4.92 Å². The van der Waals surface area contributed by atoms with E-state index in [4.69, 9.17) is 9.84 Å². The molecule has 2 rings (SSSR count). The molecule has 0 radical (unpaired) electrons. The summed E-state index contributed by atoms with van der Waals surface area (Å²) in [7, 11) is 0. The maximum Gasteiger partial charge on any atom is 0.345 e. The highest BCUT2D eigenvalue weighted by Crippen LogP contribution is 2.35. The lowest BCUT2D eigenvalue weighted by atomic mass is 10.2. The first-order valence-corrected chi connectivity index (χ1v) is 5.32. The van der Waals surface area contributed by atoms with Crippen LogP contribution in [0.4, 0.5) is 10.1 Å². The molecule has 1 atom stereocenters. The standard InChI is InChI=1S/C11H10FNO5/c12-8-5-7(3-4-9(8)13(16)17)18-10(11(14)15)6-1-2-6/h3-6,10H,1-2H2,(H,14,15). The van der Waals surface area contributed by atoms with Gasteiger partial charge in [0, 0.05) is 18.1 Å². The van der Waals surface area contributed by atoms with Gasteiger partial charge in [-0.15, -0.1) is 0 Å². The van der Waals surface area contributed by atoms with Crippen molar-refractivity contribution in [1.29, 1.82) is 0 Å². The van der Waals surface area contributed by atoms with Crippen molar-refractivity contribution in [3.8, 4) is 5.75 Å². The molecule has 1 saturated carbocycles. The van der Waals surface area contributed by atoms with Gasteiger partial charge in [0.25, 0.3) is 0 Å². The molecule has 96 valence electrons. The second kappa shape index (κ2) is 4.59. The second-order valence-electron chi connectivity index (χ2n) is 4.08. The lowest BCUT2D eigenvalue weighted by Gasteiger charge is -2.14. The molecule has 0 saturated heterocycles. The fraction of sp³-hybridized carbons (Fsp3) is 0.364. The molecule has 0 aromatic heterocycles. The molecule has 0 bridgehead atoms. The van der Waals surface area contributed by atoms with Crippen molar-refractivity contribution in [1.82, 2.24) is 0 Å². The molecule has 1 unspecified atom stereocenters. The number of hydrogen-bond acceptors (Lipinski definition) is 4. The number of hydrogen-bond donors (Lipinski definition) is 1. The van der Waals surface area contributed by atoms with E-state index >= 15 is 0 Å². The van der Waals surface area contributed by atoms with Crippen LogP contribution >= 0.6 is 0 Å². The molecule has 1 aromatic rings. The Kier molecular flexibility index (Phi) is 3.14. The number of nitro groups is 1. The lowest BCUT2D eigenvalue weighted by molar-refractivity contribution is -0.387. The Morgan fingerprint density at radius 2 is 2.22 bits per heavy atom. The van der Waals surface area contributed by atoms with Gasteiger partial charge >= 0.3 is 11.7 Å². The summed E-state index contributed by atoms with van der Waals surface area (Å²) in [6.45, 7) is 0. The highest BCUT2D eigenvalue weighted by atomic mass is 19.1. The van der Waals surface area contributed by atoms with Crippen molar-refractivity contribution in [2.24, 2.45) is 5.92 Å². The minimum Gasteiger partial charge on any atom is -0.478 e. The molecular formula is C11H10FNO5. The molecule has 0 amide bonds. The Labute approximate surface area is 101 Å². The van der Waals surface area contributed by atoms with E-state index in [1.165, 1.54) is 6.07 Å². The Hall–Kier alpha value is -2.18. The number of carboxylic acids is 1. The van der Waals surface area contributed by atoms with E-state index in [1.807, 2.05) is 0 Å². The van der Waals surface area contributed by atoms with E-state index in [9.17, 15) is 19.3 Å². The number of ether oxygens (including phenoxy) is 1. The third-order valence-electron chi connectivity index (χ3n) is 2.67. The number of rotatable bonds is 5. The van der Waals surface area contributed by atoms with Crippen LogP contribution < -0.4 is 4.74 Å².